The number of nitrogens with one attached hydrogen (secondary N) is 3. The van der Waals surface area contributed by atoms with Crippen molar-refractivity contribution in [3.63, 3.8) is 0 Å². The van der Waals surface area contributed by atoms with Crippen LogP contribution < -0.4 is 10.6 Å². The van der Waals surface area contributed by atoms with Crippen LogP contribution >= 0.6 is 0 Å². The zero-order chi connectivity index (χ0) is 22.3. The first-order valence-corrected chi connectivity index (χ1v) is 10.4. The fourth-order valence-electron chi connectivity index (χ4n) is 3.47. The number of nitrogens with zero attached hydrogens (tertiary/aromatic N) is 1. The minimum atomic E-state index is -0.194. The summed E-state index contributed by atoms with van der Waals surface area (Å²) >= 11 is 0. The lowest BCUT2D eigenvalue weighted by molar-refractivity contribution is -0.116. The molecule has 160 valence electrons. The summed E-state index contributed by atoms with van der Waals surface area (Å²) in [4.78, 5) is 31.3. The van der Waals surface area contributed by atoms with E-state index in [0.29, 0.717) is 25.1 Å². The van der Waals surface area contributed by atoms with E-state index in [1.54, 1.807) is 12.4 Å². The van der Waals surface area contributed by atoms with Gasteiger partial charge in [0.25, 0.3) is 5.91 Å². The number of amides is 2. The van der Waals surface area contributed by atoms with Crippen molar-refractivity contribution < 1.29 is 9.59 Å². The van der Waals surface area contributed by atoms with Crippen molar-refractivity contribution in [2.45, 2.75) is 19.5 Å². The van der Waals surface area contributed by atoms with Gasteiger partial charge < -0.3 is 15.6 Å². The standard InChI is InChI=1S/C26H24N4O2/c1-2-25(31)29-15-19-5-3-18(4-6-19)11-21-12-23(17-27-14-21)26(32)30-16-20-7-8-22-9-10-28-24(22)13-20/h2-10,12-14,17,28H,1,11,15-16H2,(H,29,31)(H,30,32). The monoisotopic (exact) mass is 424 g/mol. The predicted molar refractivity (Wildman–Crippen MR) is 125 cm³/mol. The molecular weight excluding hydrogens is 400 g/mol. The van der Waals surface area contributed by atoms with Crippen molar-refractivity contribution in [1.82, 2.24) is 20.6 Å². The molecule has 6 heteroatoms. The second-order valence-corrected chi connectivity index (χ2v) is 7.58. The van der Waals surface area contributed by atoms with E-state index in [0.717, 1.165) is 33.2 Å². The van der Waals surface area contributed by atoms with Gasteiger partial charge >= 0.3 is 0 Å². The summed E-state index contributed by atoms with van der Waals surface area (Å²) in [6, 6.07) is 17.9. The van der Waals surface area contributed by atoms with Crippen LogP contribution in [0.15, 0.2) is 85.8 Å². The van der Waals surface area contributed by atoms with Gasteiger partial charge in [0.05, 0.1) is 5.56 Å². The molecule has 6 nitrogen and oxygen atoms in total. The second-order valence-electron chi connectivity index (χ2n) is 7.58. The van der Waals surface area contributed by atoms with E-state index in [9.17, 15) is 9.59 Å². The summed E-state index contributed by atoms with van der Waals surface area (Å²) in [7, 11) is 0. The molecule has 0 fully saturated rings. The summed E-state index contributed by atoms with van der Waals surface area (Å²) < 4.78 is 0. The maximum absolute atomic E-state index is 12.6. The van der Waals surface area contributed by atoms with Gasteiger partial charge in [0.15, 0.2) is 0 Å². The highest BCUT2D eigenvalue weighted by atomic mass is 16.2. The van der Waals surface area contributed by atoms with Gasteiger partial charge in [0.2, 0.25) is 5.91 Å². The first-order valence-electron chi connectivity index (χ1n) is 10.4. The van der Waals surface area contributed by atoms with Crippen LogP contribution in [0, 0.1) is 0 Å². The largest absolute Gasteiger partial charge is 0.361 e. The Kier molecular flexibility index (Phi) is 6.41. The van der Waals surface area contributed by atoms with Gasteiger partial charge in [-0.05, 0) is 58.3 Å². The molecule has 2 aromatic heterocycles. The third kappa shape index (κ3) is 5.29. The number of pyridine rings is 1. The van der Waals surface area contributed by atoms with E-state index in [1.807, 2.05) is 60.8 Å². The van der Waals surface area contributed by atoms with Gasteiger partial charge in [-0.1, -0.05) is 43.0 Å². The van der Waals surface area contributed by atoms with Gasteiger partial charge in [0, 0.05) is 37.2 Å². The SMILES string of the molecule is C=CC(=O)NCc1ccc(Cc2cncc(C(=O)NCc3ccc4cc[nH]c4c3)c2)cc1. The number of H-pyrrole nitrogens is 1. The van der Waals surface area contributed by atoms with Crippen LogP contribution in [0.5, 0.6) is 0 Å². The van der Waals surface area contributed by atoms with Gasteiger partial charge in [0.1, 0.15) is 0 Å². The van der Waals surface area contributed by atoms with E-state index in [4.69, 9.17) is 0 Å². The fraction of sp³-hybridized carbons (Fsp3) is 0.115. The van der Waals surface area contributed by atoms with Crippen LogP contribution in [0.1, 0.15) is 32.6 Å². The van der Waals surface area contributed by atoms with E-state index in [2.05, 4.69) is 27.2 Å². The number of benzene rings is 2. The normalized spacial score (nSPS) is 10.6. The number of hydrogen-bond donors (Lipinski definition) is 3. The van der Waals surface area contributed by atoms with Gasteiger partial charge in [-0.3, -0.25) is 14.6 Å². The number of carbonyl (C=O) groups is 2. The summed E-state index contributed by atoms with van der Waals surface area (Å²) in [6.07, 6.45) is 7.17. The Bertz CT molecular complexity index is 1260. The van der Waals surface area contributed by atoms with Crippen molar-refractivity contribution in [1.29, 1.82) is 0 Å². The number of hydrogen-bond acceptors (Lipinski definition) is 3. The molecule has 2 amide bonds. The summed E-state index contributed by atoms with van der Waals surface area (Å²) in [5.74, 6) is -0.348. The molecule has 0 bridgehead atoms. The molecule has 0 saturated carbocycles. The summed E-state index contributed by atoms with van der Waals surface area (Å²) in [6.45, 7) is 4.35. The van der Waals surface area contributed by atoms with Crippen LogP contribution in [0.3, 0.4) is 0 Å². The van der Waals surface area contributed by atoms with Crippen LogP contribution in [0.4, 0.5) is 0 Å². The van der Waals surface area contributed by atoms with Crippen LogP contribution in [-0.4, -0.2) is 21.8 Å². The van der Waals surface area contributed by atoms with Crippen molar-refractivity contribution in [2.24, 2.45) is 0 Å². The Hall–Kier alpha value is -4.19. The van der Waals surface area contributed by atoms with Crippen LogP contribution in [-0.2, 0) is 24.3 Å². The zero-order valence-electron chi connectivity index (χ0n) is 17.6. The Labute approximate surface area is 186 Å². The number of aromatic nitrogens is 2. The second kappa shape index (κ2) is 9.75. The maximum atomic E-state index is 12.6. The lowest BCUT2D eigenvalue weighted by Crippen LogP contribution is -2.23. The molecule has 2 aromatic carbocycles. The highest BCUT2D eigenvalue weighted by Crippen LogP contribution is 2.15. The molecule has 0 unspecified atom stereocenters. The van der Waals surface area contributed by atoms with Crippen molar-refractivity contribution >= 4 is 22.7 Å². The topological polar surface area (TPSA) is 86.9 Å². The van der Waals surface area contributed by atoms with E-state index in [1.165, 1.54) is 6.08 Å². The zero-order valence-corrected chi connectivity index (χ0v) is 17.6. The van der Waals surface area contributed by atoms with E-state index in [-0.39, 0.29) is 11.8 Å². The maximum Gasteiger partial charge on any atom is 0.253 e. The number of carbonyl (C=O) groups excluding carboxylic acids is 2. The summed E-state index contributed by atoms with van der Waals surface area (Å²) in [5.41, 5.74) is 5.68. The van der Waals surface area contributed by atoms with Crippen LogP contribution in [0.2, 0.25) is 0 Å². The van der Waals surface area contributed by atoms with Crippen molar-refractivity contribution in [3.05, 3.63) is 114 Å². The molecule has 32 heavy (non-hydrogen) atoms. The first-order chi connectivity index (χ1) is 15.6. The highest BCUT2D eigenvalue weighted by Gasteiger charge is 2.08. The molecule has 4 rings (SSSR count). The Morgan fingerprint density at radius 3 is 2.44 bits per heavy atom. The third-order valence-electron chi connectivity index (χ3n) is 5.21. The molecule has 0 aliphatic rings. The highest BCUT2D eigenvalue weighted by molar-refractivity contribution is 5.94. The minimum absolute atomic E-state index is 0.153. The number of aromatic amines is 1. The van der Waals surface area contributed by atoms with Gasteiger partial charge in [-0.15, -0.1) is 0 Å². The quantitative estimate of drug-likeness (QED) is 0.375. The Balaban J connectivity index is 1.35. The lowest BCUT2D eigenvalue weighted by atomic mass is 10.0. The first kappa shape index (κ1) is 21.1. The third-order valence-corrected chi connectivity index (χ3v) is 5.21. The van der Waals surface area contributed by atoms with Gasteiger partial charge in [-0.25, -0.2) is 0 Å². The smallest absolute Gasteiger partial charge is 0.253 e. The van der Waals surface area contributed by atoms with Crippen molar-refractivity contribution in [2.75, 3.05) is 0 Å². The van der Waals surface area contributed by atoms with Crippen LogP contribution in [0.25, 0.3) is 10.9 Å². The predicted octanol–water partition coefficient (Wildman–Crippen LogP) is 3.89. The Morgan fingerprint density at radius 1 is 0.875 bits per heavy atom. The number of fused-ring (bicyclic) bond motifs is 1. The fourth-order valence-corrected chi connectivity index (χ4v) is 3.47. The molecule has 0 radical (unpaired) electrons. The Morgan fingerprint density at radius 2 is 1.62 bits per heavy atom. The molecule has 4 aromatic rings. The average Bonchev–Trinajstić information content (AvgIpc) is 3.30. The molecule has 0 aliphatic carbocycles. The average molecular weight is 425 g/mol. The molecule has 3 N–H and O–H groups in total. The number of rotatable bonds is 8. The molecule has 0 saturated heterocycles. The molecule has 0 atom stereocenters. The van der Waals surface area contributed by atoms with Crippen molar-refractivity contribution in [3.8, 4) is 0 Å². The van der Waals surface area contributed by atoms with E-state index < -0.39 is 0 Å². The van der Waals surface area contributed by atoms with E-state index >= 15 is 0 Å². The molecule has 2 heterocycles. The summed E-state index contributed by atoms with van der Waals surface area (Å²) in [5, 5.41) is 6.86. The molecular formula is C26H24N4O2. The molecule has 0 aliphatic heterocycles. The van der Waals surface area contributed by atoms with Gasteiger partial charge in [-0.2, -0.15) is 0 Å². The lowest BCUT2D eigenvalue weighted by Gasteiger charge is -2.08. The molecule has 0 spiro atoms. The minimum Gasteiger partial charge on any atom is -0.361 e.